The summed E-state index contributed by atoms with van der Waals surface area (Å²) in [5.41, 5.74) is 1.35. The average molecular weight is 246 g/mol. The fraction of sp³-hybridized carbons (Fsp3) is 0.429. The van der Waals surface area contributed by atoms with Crippen molar-refractivity contribution in [1.29, 1.82) is 0 Å². The zero-order valence-corrected chi connectivity index (χ0v) is 10.9. The number of benzene rings is 1. The van der Waals surface area contributed by atoms with Gasteiger partial charge in [-0.3, -0.25) is 9.79 Å². The molecule has 96 valence electrons. The molecule has 1 atom stereocenters. The molecule has 4 heteroatoms. The van der Waals surface area contributed by atoms with Crippen LogP contribution in [0, 0.1) is 5.41 Å². The Morgan fingerprint density at radius 1 is 1.44 bits per heavy atom. The molecule has 0 spiro atoms. The van der Waals surface area contributed by atoms with Crippen molar-refractivity contribution < 1.29 is 9.53 Å². The Morgan fingerprint density at radius 2 is 2.17 bits per heavy atom. The van der Waals surface area contributed by atoms with Gasteiger partial charge < -0.3 is 10.1 Å². The monoisotopic (exact) mass is 246 g/mol. The second-order valence-electron chi connectivity index (χ2n) is 4.85. The molecule has 0 saturated heterocycles. The molecule has 4 nitrogen and oxygen atoms in total. The van der Waals surface area contributed by atoms with E-state index in [-0.39, 0.29) is 12.0 Å². The number of nitrogens with zero attached hydrogens (tertiary/aromatic N) is 1. The van der Waals surface area contributed by atoms with Crippen molar-refractivity contribution in [3.8, 4) is 0 Å². The summed E-state index contributed by atoms with van der Waals surface area (Å²) < 4.78 is 5.14. The van der Waals surface area contributed by atoms with E-state index in [0.29, 0.717) is 6.61 Å². The van der Waals surface area contributed by atoms with Crippen LogP contribution in [0.4, 0.5) is 5.69 Å². The highest BCUT2D eigenvalue weighted by Crippen LogP contribution is 2.42. The smallest absolute Gasteiger partial charge is 0.314 e. The number of fused-ring (bicyclic) bond motifs is 1. The van der Waals surface area contributed by atoms with Crippen LogP contribution in [0.1, 0.15) is 32.4 Å². The van der Waals surface area contributed by atoms with E-state index in [1.54, 1.807) is 6.34 Å². The number of para-hydroxylation sites is 1. The molecule has 0 aliphatic carbocycles. The SMILES string of the molecule is CCOC(=O)C(C)(C)C1N=CNc2ccccc21. The number of nitrogens with one attached hydrogen (secondary N) is 1. The van der Waals surface area contributed by atoms with Gasteiger partial charge in [-0.25, -0.2) is 0 Å². The van der Waals surface area contributed by atoms with E-state index in [4.69, 9.17) is 4.74 Å². The Hall–Kier alpha value is -1.84. The topological polar surface area (TPSA) is 50.7 Å². The first kappa shape index (κ1) is 12.6. The van der Waals surface area contributed by atoms with Gasteiger partial charge in [0.25, 0.3) is 0 Å². The molecule has 0 aromatic heterocycles. The molecule has 0 fully saturated rings. The Morgan fingerprint density at radius 3 is 2.89 bits per heavy atom. The summed E-state index contributed by atoms with van der Waals surface area (Å²) in [7, 11) is 0. The predicted molar refractivity (Wildman–Crippen MR) is 71.7 cm³/mol. The van der Waals surface area contributed by atoms with Crippen LogP contribution in [0.25, 0.3) is 0 Å². The number of hydrogen-bond acceptors (Lipinski definition) is 4. The maximum atomic E-state index is 12.1. The van der Waals surface area contributed by atoms with Gasteiger partial charge in [0, 0.05) is 11.3 Å². The fourth-order valence-electron chi connectivity index (χ4n) is 2.13. The number of esters is 1. The number of carbonyl (C=O) groups is 1. The van der Waals surface area contributed by atoms with Crippen molar-refractivity contribution in [2.75, 3.05) is 11.9 Å². The van der Waals surface area contributed by atoms with Crippen LogP contribution in [0.5, 0.6) is 0 Å². The zero-order chi connectivity index (χ0) is 13.2. The van der Waals surface area contributed by atoms with Gasteiger partial charge >= 0.3 is 5.97 Å². The quantitative estimate of drug-likeness (QED) is 0.834. The predicted octanol–water partition coefficient (Wildman–Crippen LogP) is 2.77. The molecule has 0 bridgehead atoms. The lowest BCUT2D eigenvalue weighted by atomic mass is 9.80. The largest absolute Gasteiger partial charge is 0.466 e. The van der Waals surface area contributed by atoms with Crippen molar-refractivity contribution >= 4 is 18.0 Å². The minimum absolute atomic E-state index is 0.214. The molecule has 1 unspecified atom stereocenters. The molecule has 2 rings (SSSR count). The van der Waals surface area contributed by atoms with Gasteiger partial charge in [-0.15, -0.1) is 0 Å². The summed E-state index contributed by atoms with van der Waals surface area (Å²) in [5, 5.41) is 3.09. The van der Waals surface area contributed by atoms with Crippen LogP contribution >= 0.6 is 0 Å². The lowest BCUT2D eigenvalue weighted by Crippen LogP contribution is -2.34. The second kappa shape index (κ2) is 4.80. The van der Waals surface area contributed by atoms with Crippen LogP contribution in [0.3, 0.4) is 0 Å². The summed E-state index contributed by atoms with van der Waals surface area (Å²) >= 11 is 0. The molecule has 1 N–H and O–H groups in total. The average Bonchev–Trinajstić information content (AvgIpc) is 2.38. The number of rotatable bonds is 3. The summed E-state index contributed by atoms with van der Waals surface area (Å²) in [6.45, 7) is 5.94. The van der Waals surface area contributed by atoms with E-state index in [1.165, 1.54) is 0 Å². The first-order valence-corrected chi connectivity index (χ1v) is 6.11. The molecular weight excluding hydrogens is 228 g/mol. The molecule has 1 aliphatic heterocycles. The molecule has 1 aromatic rings. The molecule has 1 aliphatic rings. The van der Waals surface area contributed by atoms with Gasteiger partial charge in [-0.1, -0.05) is 18.2 Å². The first-order valence-electron chi connectivity index (χ1n) is 6.11. The van der Waals surface area contributed by atoms with Crippen LogP contribution in [0.2, 0.25) is 0 Å². The first-order chi connectivity index (χ1) is 8.57. The standard InChI is InChI=1S/C14H18N2O2/c1-4-18-13(17)14(2,3)12-10-7-5-6-8-11(10)15-9-16-12/h5-9,12H,4H2,1-3H3,(H,15,16). The summed E-state index contributed by atoms with van der Waals surface area (Å²) in [5.74, 6) is -0.219. The number of hydrogen-bond donors (Lipinski definition) is 1. The van der Waals surface area contributed by atoms with Gasteiger partial charge in [0.1, 0.15) is 0 Å². The molecule has 0 amide bonds. The molecule has 0 radical (unpaired) electrons. The Labute approximate surface area is 107 Å². The van der Waals surface area contributed by atoms with Crippen molar-refractivity contribution in [3.05, 3.63) is 29.8 Å². The van der Waals surface area contributed by atoms with E-state index in [2.05, 4.69) is 10.3 Å². The number of anilines is 1. The Kier molecular flexibility index (Phi) is 3.36. The van der Waals surface area contributed by atoms with Gasteiger partial charge in [0.2, 0.25) is 0 Å². The van der Waals surface area contributed by atoms with E-state index in [0.717, 1.165) is 11.3 Å². The van der Waals surface area contributed by atoms with Crippen LogP contribution in [0.15, 0.2) is 29.3 Å². The summed E-state index contributed by atoms with van der Waals surface area (Å²) in [6, 6.07) is 7.67. The van der Waals surface area contributed by atoms with Crippen LogP contribution in [-0.2, 0) is 9.53 Å². The normalized spacial score (nSPS) is 17.8. The minimum Gasteiger partial charge on any atom is -0.466 e. The van der Waals surface area contributed by atoms with Crippen molar-refractivity contribution in [2.45, 2.75) is 26.8 Å². The second-order valence-corrected chi connectivity index (χ2v) is 4.85. The lowest BCUT2D eigenvalue weighted by molar-refractivity contribution is -0.154. The van der Waals surface area contributed by atoms with E-state index in [1.807, 2.05) is 45.0 Å². The number of aliphatic imine (C=N–C) groups is 1. The van der Waals surface area contributed by atoms with Crippen molar-refractivity contribution in [1.82, 2.24) is 0 Å². The van der Waals surface area contributed by atoms with Gasteiger partial charge in [0.05, 0.1) is 24.4 Å². The van der Waals surface area contributed by atoms with Crippen molar-refractivity contribution in [3.63, 3.8) is 0 Å². The molecule has 0 saturated carbocycles. The summed E-state index contributed by atoms with van der Waals surface area (Å²) in [4.78, 5) is 16.5. The highest BCUT2D eigenvalue weighted by Gasteiger charge is 2.40. The highest BCUT2D eigenvalue weighted by atomic mass is 16.5. The zero-order valence-electron chi connectivity index (χ0n) is 10.9. The van der Waals surface area contributed by atoms with E-state index < -0.39 is 5.41 Å². The maximum Gasteiger partial charge on any atom is 0.314 e. The molecule has 1 aromatic carbocycles. The molecule has 18 heavy (non-hydrogen) atoms. The maximum absolute atomic E-state index is 12.1. The number of ether oxygens (including phenoxy) is 1. The Balaban J connectivity index is 2.36. The van der Waals surface area contributed by atoms with Gasteiger partial charge in [-0.05, 0) is 26.8 Å². The number of carbonyl (C=O) groups excluding carboxylic acids is 1. The van der Waals surface area contributed by atoms with E-state index >= 15 is 0 Å². The third-order valence-electron chi connectivity index (χ3n) is 3.18. The van der Waals surface area contributed by atoms with E-state index in [9.17, 15) is 4.79 Å². The van der Waals surface area contributed by atoms with Crippen LogP contribution in [-0.4, -0.2) is 18.9 Å². The summed E-state index contributed by atoms with van der Waals surface area (Å²) in [6.07, 6.45) is 1.65. The van der Waals surface area contributed by atoms with Crippen molar-refractivity contribution in [2.24, 2.45) is 10.4 Å². The third kappa shape index (κ3) is 2.10. The van der Waals surface area contributed by atoms with Crippen LogP contribution < -0.4 is 5.32 Å². The minimum atomic E-state index is -0.676. The Bertz CT molecular complexity index is 480. The fourth-order valence-corrected chi connectivity index (χ4v) is 2.13. The lowest BCUT2D eigenvalue weighted by Gasteiger charge is -2.32. The van der Waals surface area contributed by atoms with Gasteiger partial charge in [-0.2, -0.15) is 0 Å². The molecule has 1 heterocycles. The highest BCUT2D eigenvalue weighted by molar-refractivity contribution is 5.84. The van der Waals surface area contributed by atoms with Gasteiger partial charge in [0.15, 0.2) is 0 Å². The third-order valence-corrected chi connectivity index (χ3v) is 3.18. The molecular formula is C14H18N2O2.